The first-order chi connectivity index (χ1) is 9.08. The standard InChI is InChI=1S/C12H15N3O4.ClH/c1-8-11(13-5-6-19-8)12(16)14-9-3-2-4-10(7-9)15(17)18;/h2-4,7-8,11,13H,5-6H2,1H3,(H,14,16);1H/t8-,11+;/m1./s1. The van der Waals surface area contributed by atoms with Gasteiger partial charge in [0.05, 0.1) is 17.6 Å². The van der Waals surface area contributed by atoms with Gasteiger partial charge in [-0.25, -0.2) is 0 Å². The molecule has 1 aromatic carbocycles. The zero-order chi connectivity index (χ0) is 13.8. The number of nitrogens with one attached hydrogen (secondary N) is 2. The first-order valence-electron chi connectivity index (χ1n) is 5.98. The summed E-state index contributed by atoms with van der Waals surface area (Å²) in [4.78, 5) is 22.2. The summed E-state index contributed by atoms with van der Waals surface area (Å²) in [7, 11) is 0. The molecule has 1 fully saturated rings. The van der Waals surface area contributed by atoms with Crippen molar-refractivity contribution in [1.29, 1.82) is 0 Å². The van der Waals surface area contributed by atoms with E-state index in [1.54, 1.807) is 6.07 Å². The van der Waals surface area contributed by atoms with Gasteiger partial charge in [-0.05, 0) is 13.0 Å². The molecule has 0 spiro atoms. The third-order valence-electron chi connectivity index (χ3n) is 2.92. The molecular formula is C12H16ClN3O4. The molecule has 1 aliphatic heterocycles. The highest BCUT2D eigenvalue weighted by Crippen LogP contribution is 2.17. The van der Waals surface area contributed by atoms with Crippen LogP contribution in [0, 0.1) is 10.1 Å². The van der Waals surface area contributed by atoms with Crippen molar-refractivity contribution < 1.29 is 14.5 Å². The van der Waals surface area contributed by atoms with Crippen LogP contribution in [0.4, 0.5) is 11.4 Å². The molecule has 0 bridgehead atoms. The highest BCUT2D eigenvalue weighted by Gasteiger charge is 2.28. The van der Waals surface area contributed by atoms with E-state index in [1.165, 1.54) is 18.2 Å². The minimum absolute atomic E-state index is 0. The zero-order valence-electron chi connectivity index (χ0n) is 10.9. The first-order valence-corrected chi connectivity index (χ1v) is 5.98. The predicted octanol–water partition coefficient (Wildman–Crippen LogP) is 1.33. The summed E-state index contributed by atoms with van der Waals surface area (Å²) in [5.74, 6) is -0.257. The molecule has 1 heterocycles. The van der Waals surface area contributed by atoms with Crippen LogP contribution in [0.15, 0.2) is 24.3 Å². The van der Waals surface area contributed by atoms with Crippen molar-refractivity contribution in [2.75, 3.05) is 18.5 Å². The number of nitro benzene ring substituents is 1. The number of nitro groups is 1. The Morgan fingerprint density at radius 3 is 2.95 bits per heavy atom. The lowest BCUT2D eigenvalue weighted by atomic mass is 10.1. The monoisotopic (exact) mass is 301 g/mol. The number of nitrogens with zero attached hydrogens (tertiary/aromatic N) is 1. The smallest absolute Gasteiger partial charge is 0.271 e. The zero-order valence-corrected chi connectivity index (χ0v) is 11.7. The highest BCUT2D eigenvalue weighted by molar-refractivity contribution is 5.95. The van der Waals surface area contributed by atoms with E-state index in [9.17, 15) is 14.9 Å². The molecule has 2 rings (SSSR count). The number of non-ortho nitro benzene ring substituents is 1. The number of rotatable bonds is 3. The molecule has 0 radical (unpaired) electrons. The van der Waals surface area contributed by atoms with Gasteiger partial charge in [0.15, 0.2) is 0 Å². The number of morpholine rings is 1. The van der Waals surface area contributed by atoms with Gasteiger partial charge in [0.2, 0.25) is 5.91 Å². The summed E-state index contributed by atoms with van der Waals surface area (Å²) < 4.78 is 5.38. The van der Waals surface area contributed by atoms with Crippen molar-refractivity contribution in [3.05, 3.63) is 34.4 Å². The number of anilines is 1. The molecule has 0 unspecified atom stereocenters. The molecule has 1 aromatic rings. The second-order valence-electron chi connectivity index (χ2n) is 4.30. The van der Waals surface area contributed by atoms with E-state index in [-0.39, 0.29) is 30.1 Å². The molecule has 7 nitrogen and oxygen atoms in total. The number of hydrogen-bond donors (Lipinski definition) is 2. The van der Waals surface area contributed by atoms with Gasteiger partial charge in [-0.15, -0.1) is 12.4 Å². The number of amides is 1. The fourth-order valence-electron chi connectivity index (χ4n) is 1.94. The Kier molecular flexibility index (Phi) is 5.87. The van der Waals surface area contributed by atoms with Gasteiger partial charge >= 0.3 is 0 Å². The fraction of sp³-hybridized carbons (Fsp3) is 0.417. The van der Waals surface area contributed by atoms with Gasteiger partial charge in [-0.1, -0.05) is 6.07 Å². The SMILES string of the molecule is C[C@H]1OCCN[C@@H]1C(=O)Nc1cccc([N+](=O)[O-])c1.Cl. The van der Waals surface area contributed by atoms with Crippen LogP contribution in [0.5, 0.6) is 0 Å². The third kappa shape index (κ3) is 3.89. The summed E-state index contributed by atoms with van der Waals surface area (Å²) in [6.45, 7) is 2.99. The number of hydrogen-bond acceptors (Lipinski definition) is 5. The average molecular weight is 302 g/mol. The minimum Gasteiger partial charge on any atom is -0.375 e. The fourth-order valence-corrected chi connectivity index (χ4v) is 1.94. The number of halogens is 1. The normalized spacial score (nSPS) is 21.6. The van der Waals surface area contributed by atoms with E-state index in [4.69, 9.17) is 4.74 Å². The number of carbonyl (C=O) groups excluding carboxylic acids is 1. The molecule has 0 aliphatic carbocycles. The van der Waals surface area contributed by atoms with Crippen molar-refractivity contribution in [2.45, 2.75) is 19.1 Å². The largest absolute Gasteiger partial charge is 0.375 e. The molecule has 8 heteroatoms. The van der Waals surface area contributed by atoms with Gasteiger partial charge in [0, 0.05) is 24.4 Å². The van der Waals surface area contributed by atoms with E-state index in [2.05, 4.69) is 10.6 Å². The Bertz CT molecular complexity index is 497. The Morgan fingerprint density at radius 2 is 2.30 bits per heavy atom. The molecule has 1 aliphatic rings. The predicted molar refractivity (Wildman–Crippen MR) is 76.2 cm³/mol. The van der Waals surface area contributed by atoms with Crippen LogP contribution in [-0.4, -0.2) is 36.1 Å². The highest BCUT2D eigenvalue weighted by atomic mass is 35.5. The van der Waals surface area contributed by atoms with Crippen molar-refractivity contribution in [2.24, 2.45) is 0 Å². The lowest BCUT2D eigenvalue weighted by Crippen LogP contribution is -2.53. The molecule has 0 aromatic heterocycles. The van der Waals surface area contributed by atoms with Crippen LogP contribution >= 0.6 is 12.4 Å². The maximum Gasteiger partial charge on any atom is 0.271 e. The summed E-state index contributed by atoms with van der Waals surface area (Å²) in [5.41, 5.74) is 0.345. The van der Waals surface area contributed by atoms with Crippen LogP contribution in [0.1, 0.15) is 6.92 Å². The number of carbonyl (C=O) groups is 1. The number of ether oxygens (including phenoxy) is 1. The van der Waals surface area contributed by atoms with E-state index in [1.807, 2.05) is 6.92 Å². The minimum atomic E-state index is -0.500. The van der Waals surface area contributed by atoms with Crippen LogP contribution in [0.3, 0.4) is 0 Å². The summed E-state index contributed by atoms with van der Waals surface area (Å²) in [5, 5.41) is 16.4. The van der Waals surface area contributed by atoms with Crippen LogP contribution in [0.25, 0.3) is 0 Å². The van der Waals surface area contributed by atoms with E-state index < -0.39 is 11.0 Å². The summed E-state index contributed by atoms with van der Waals surface area (Å²) >= 11 is 0. The van der Waals surface area contributed by atoms with Gasteiger partial charge < -0.3 is 15.4 Å². The van der Waals surface area contributed by atoms with Gasteiger partial charge in [-0.2, -0.15) is 0 Å². The van der Waals surface area contributed by atoms with Crippen molar-refractivity contribution in [3.8, 4) is 0 Å². The molecule has 1 saturated heterocycles. The topological polar surface area (TPSA) is 93.5 Å². The number of benzene rings is 1. The quantitative estimate of drug-likeness (QED) is 0.649. The lowest BCUT2D eigenvalue weighted by Gasteiger charge is -2.29. The average Bonchev–Trinajstić information content (AvgIpc) is 2.39. The van der Waals surface area contributed by atoms with Crippen LogP contribution in [0.2, 0.25) is 0 Å². The van der Waals surface area contributed by atoms with Gasteiger partial charge in [0.1, 0.15) is 6.04 Å². The van der Waals surface area contributed by atoms with Crippen LogP contribution < -0.4 is 10.6 Å². The maximum atomic E-state index is 12.0. The van der Waals surface area contributed by atoms with Crippen LogP contribution in [-0.2, 0) is 9.53 Å². The first kappa shape index (κ1) is 16.4. The summed E-state index contributed by atoms with van der Waals surface area (Å²) in [6.07, 6.45) is -0.229. The van der Waals surface area contributed by atoms with Crippen molar-refractivity contribution >= 4 is 29.7 Å². The summed E-state index contributed by atoms with van der Waals surface area (Å²) in [6, 6.07) is 5.39. The maximum absolute atomic E-state index is 12.0. The molecule has 0 saturated carbocycles. The molecule has 2 atom stereocenters. The van der Waals surface area contributed by atoms with E-state index >= 15 is 0 Å². The Morgan fingerprint density at radius 1 is 1.55 bits per heavy atom. The second kappa shape index (κ2) is 7.18. The Hall–Kier alpha value is -1.70. The molecular weight excluding hydrogens is 286 g/mol. The second-order valence-corrected chi connectivity index (χ2v) is 4.30. The molecule has 2 N–H and O–H groups in total. The van der Waals surface area contributed by atoms with E-state index in [0.29, 0.717) is 18.8 Å². The third-order valence-corrected chi connectivity index (χ3v) is 2.92. The molecule has 110 valence electrons. The van der Waals surface area contributed by atoms with E-state index in [0.717, 1.165) is 0 Å². The Labute approximate surface area is 122 Å². The molecule has 20 heavy (non-hydrogen) atoms. The van der Waals surface area contributed by atoms with Gasteiger partial charge in [-0.3, -0.25) is 14.9 Å². The lowest BCUT2D eigenvalue weighted by molar-refractivity contribution is -0.384. The van der Waals surface area contributed by atoms with Crippen molar-refractivity contribution in [3.63, 3.8) is 0 Å². The van der Waals surface area contributed by atoms with Crippen molar-refractivity contribution in [1.82, 2.24) is 5.32 Å². The molecule has 1 amide bonds. The Balaban J connectivity index is 0.00000200. The van der Waals surface area contributed by atoms with Gasteiger partial charge in [0.25, 0.3) is 5.69 Å².